The number of H-pyrrole nitrogens is 1. The normalized spacial score (nSPS) is 11.2. The highest BCUT2D eigenvalue weighted by Gasteiger charge is 2.19. The molecule has 0 aliphatic carbocycles. The quantitative estimate of drug-likeness (QED) is 0.470. The van der Waals surface area contributed by atoms with Crippen LogP contribution < -0.4 is 10.3 Å². The monoisotopic (exact) mass is 398 g/mol. The second kappa shape index (κ2) is 8.84. The molecule has 1 N–H and O–H groups in total. The number of aromatic nitrogens is 2. The van der Waals surface area contributed by atoms with Crippen LogP contribution in [-0.2, 0) is 4.74 Å². The van der Waals surface area contributed by atoms with Gasteiger partial charge in [-0.15, -0.1) is 11.3 Å². The van der Waals surface area contributed by atoms with Crippen molar-refractivity contribution in [1.29, 1.82) is 0 Å². The number of carbonyl (C=O) groups is 1. The molecule has 0 aliphatic rings. The number of methoxy groups -OCH3 is 1. The van der Waals surface area contributed by atoms with Gasteiger partial charge in [0.1, 0.15) is 21.3 Å². The highest BCUT2D eigenvalue weighted by Crippen LogP contribution is 2.27. The van der Waals surface area contributed by atoms with Crippen molar-refractivity contribution in [1.82, 2.24) is 9.97 Å². The van der Waals surface area contributed by atoms with Crippen molar-refractivity contribution in [2.24, 2.45) is 0 Å². The zero-order valence-corrected chi connectivity index (χ0v) is 16.9. The van der Waals surface area contributed by atoms with E-state index >= 15 is 0 Å². The molecule has 7 heteroatoms. The second-order valence-electron chi connectivity index (χ2n) is 6.28. The lowest BCUT2D eigenvalue weighted by atomic mass is 10.2. The van der Waals surface area contributed by atoms with Crippen LogP contribution in [0.4, 0.5) is 0 Å². The average Bonchev–Trinajstić information content (AvgIpc) is 3.04. The number of fused-ring (bicyclic) bond motifs is 1. The summed E-state index contributed by atoms with van der Waals surface area (Å²) in [5.41, 5.74) is 1.28. The number of aryl methyl sites for hydroxylation is 1. The van der Waals surface area contributed by atoms with Gasteiger partial charge in [-0.1, -0.05) is 31.6 Å². The fraction of sp³-hybridized carbons (Fsp3) is 0.286. The van der Waals surface area contributed by atoms with E-state index in [1.54, 1.807) is 13.0 Å². The van der Waals surface area contributed by atoms with E-state index in [1.165, 1.54) is 7.11 Å². The Morgan fingerprint density at radius 1 is 1.25 bits per heavy atom. The van der Waals surface area contributed by atoms with Gasteiger partial charge in [0.05, 0.1) is 19.1 Å². The maximum Gasteiger partial charge on any atom is 0.348 e. The van der Waals surface area contributed by atoms with Crippen LogP contribution in [0.3, 0.4) is 0 Å². The number of aromatic amines is 1. The van der Waals surface area contributed by atoms with Crippen molar-refractivity contribution in [3.63, 3.8) is 0 Å². The topological polar surface area (TPSA) is 81.3 Å². The van der Waals surface area contributed by atoms with Crippen molar-refractivity contribution in [2.75, 3.05) is 13.7 Å². The van der Waals surface area contributed by atoms with Gasteiger partial charge >= 0.3 is 5.97 Å². The van der Waals surface area contributed by atoms with E-state index < -0.39 is 5.97 Å². The zero-order chi connectivity index (χ0) is 20.1. The molecule has 1 aromatic carbocycles. The third kappa shape index (κ3) is 4.31. The molecule has 0 saturated heterocycles. The van der Waals surface area contributed by atoms with Gasteiger partial charge in [0.2, 0.25) is 0 Å². The van der Waals surface area contributed by atoms with Crippen LogP contribution in [0.25, 0.3) is 22.4 Å². The van der Waals surface area contributed by atoms with Crippen LogP contribution in [0, 0.1) is 6.92 Å². The van der Waals surface area contributed by atoms with E-state index in [-0.39, 0.29) is 5.56 Å². The number of thiophene rings is 1. The summed E-state index contributed by atoms with van der Waals surface area (Å²) in [7, 11) is 1.32. The summed E-state index contributed by atoms with van der Waals surface area (Å²) < 4.78 is 10.4. The summed E-state index contributed by atoms with van der Waals surface area (Å²) in [6.07, 6.45) is 5.73. The Labute approximate surface area is 166 Å². The summed E-state index contributed by atoms with van der Waals surface area (Å²) >= 11 is 1.16. The molecule has 0 atom stereocenters. The zero-order valence-electron chi connectivity index (χ0n) is 16.1. The van der Waals surface area contributed by atoms with Crippen molar-refractivity contribution in [3.8, 4) is 5.75 Å². The van der Waals surface area contributed by atoms with Crippen molar-refractivity contribution in [3.05, 3.63) is 56.4 Å². The Balaban J connectivity index is 1.82. The van der Waals surface area contributed by atoms with Gasteiger partial charge in [-0.05, 0) is 42.7 Å². The lowest BCUT2D eigenvalue weighted by Crippen LogP contribution is -2.09. The molecule has 0 spiro atoms. The van der Waals surface area contributed by atoms with E-state index in [1.807, 2.05) is 30.3 Å². The average molecular weight is 398 g/mol. The SMILES string of the molecule is CCCCOc1ccc(C=Cc2nc3sc(C(=O)OC)c(C)c3c(=O)[nH]2)cc1. The molecule has 6 nitrogen and oxygen atoms in total. The van der Waals surface area contributed by atoms with Gasteiger partial charge < -0.3 is 14.5 Å². The molecule has 0 fully saturated rings. The first kappa shape index (κ1) is 19.8. The maximum atomic E-state index is 12.4. The number of carbonyl (C=O) groups excluding carboxylic acids is 1. The number of rotatable bonds is 7. The van der Waals surface area contributed by atoms with Crippen LogP contribution in [0.1, 0.15) is 46.4 Å². The first-order valence-electron chi connectivity index (χ1n) is 9.06. The number of ether oxygens (including phenoxy) is 2. The van der Waals surface area contributed by atoms with E-state index in [0.717, 1.165) is 35.5 Å². The third-order valence-electron chi connectivity index (χ3n) is 4.27. The maximum absolute atomic E-state index is 12.4. The molecule has 2 aromatic heterocycles. The first-order chi connectivity index (χ1) is 13.5. The van der Waals surface area contributed by atoms with Gasteiger partial charge in [0.25, 0.3) is 5.56 Å². The van der Waals surface area contributed by atoms with Gasteiger partial charge in [-0.3, -0.25) is 4.79 Å². The molecule has 0 radical (unpaired) electrons. The van der Waals surface area contributed by atoms with Gasteiger partial charge in [-0.2, -0.15) is 0 Å². The molecule has 0 amide bonds. The predicted octanol–water partition coefficient (Wildman–Crippen LogP) is 4.43. The lowest BCUT2D eigenvalue weighted by molar-refractivity contribution is 0.0605. The van der Waals surface area contributed by atoms with Crippen molar-refractivity contribution >= 4 is 39.7 Å². The minimum absolute atomic E-state index is 0.270. The molecular weight excluding hydrogens is 376 g/mol. The van der Waals surface area contributed by atoms with Crippen LogP contribution in [0.15, 0.2) is 29.1 Å². The van der Waals surface area contributed by atoms with Crippen molar-refractivity contribution in [2.45, 2.75) is 26.7 Å². The minimum Gasteiger partial charge on any atom is -0.494 e. The highest BCUT2D eigenvalue weighted by molar-refractivity contribution is 7.20. The molecule has 146 valence electrons. The number of hydrogen-bond acceptors (Lipinski definition) is 6. The van der Waals surface area contributed by atoms with Crippen LogP contribution >= 0.6 is 11.3 Å². The molecule has 3 rings (SSSR count). The Hall–Kier alpha value is -2.93. The van der Waals surface area contributed by atoms with Gasteiger partial charge in [-0.25, -0.2) is 9.78 Å². The smallest absolute Gasteiger partial charge is 0.348 e. The summed E-state index contributed by atoms with van der Waals surface area (Å²) in [6, 6.07) is 7.72. The Kier molecular flexibility index (Phi) is 6.26. The fourth-order valence-corrected chi connectivity index (χ4v) is 3.82. The molecule has 0 aliphatic heterocycles. The standard InChI is InChI=1S/C21H22N2O4S/c1-4-5-12-27-15-9-6-14(7-10-15)8-11-16-22-19(24)17-13(2)18(21(25)26-3)28-20(17)23-16/h6-11H,4-5,12H2,1-3H3,(H,22,23,24). The molecule has 0 unspecified atom stereocenters. The number of esters is 1. The molecule has 28 heavy (non-hydrogen) atoms. The summed E-state index contributed by atoms with van der Waals surface area (Å²) in [6.45, 7) is 4.56. The highest BCUT2D eigenvalue weighted by atomic mass is 32.1. The van der Waals surface area contributed by atoms with Gasteiger partial charge in [0, 0.05) is 0 Å². The molecule has 0 bridgehead atoms. The van der Waals surface area contributed by atoms with E-state index in [2.05, 4.69) is 16.9 Å². The third-order valence-corrected chi connectivity index (χ3v) is 5.44. The van der Waals surface area contributed by atoms with E-state index in [0.29, 0.717) is 33.1 Å². The van der Waals surface area contributed by atoms with Crippen LogP contribution in [-0.4, -0.2) is 29.7 Å². The van der Waals surface area contributed by atoms with E-state index in [9.17, 15) is 9.59 Å². The Bertz CT molecular complexity index is 1060. The number of nitrogens with zero attached hydrogens (tertiary/aromatic N) is 1. The van der Waals surface area contributed by atoms with E-state index in [4.69, 9.17) is 9.47 Å². The second-order valence-corrected chi connectivity index (χ2v) is 7.28. The molecular formula is C21H22N2O4S. The largest absolute Gasteiger partial charge is 0.494 e. The molecule has 0 saturated carbocycles. The summed E-state index contributed by atoms with van der Waals surface area (Å²) in [4.78, 5) is 32.4. The summed E-state index contributed by atoms with van der Waals surface area (Å²) in [5.74, 6) is 0.805. The number of unbranched alkanes of at least 4 members (excludes halogenated alkanes) is 1. The Morgan fingerprint density at radius 3 is 2.68 bits per heavy atom. The minimum atomic E-state index is -0.460. The predicted molar refractivity (Wildman–Crippen MR) is 112 cm³/mol. The Morgan fingerprint density at radius 2 is 2.00 bits per heavy atom. The van der Waals surface area contributed by atoms with Gasteiger partial charge in [0.15, 0.2) is 0 Å². The number of hydrogen-bond donors (Lipinski definition) is 1. The van der Waals surface area contributed by atoms with Crippen LogP contribution in [0.2, 0.25) is 0 Å². The van der Waals surface area contributed by atoms with Crippen molar-refractivity contribution < 1.29 is 14.3 Å². The lowest BCUT2D eigenvalue weighted by Gasteiger charge is -2.05. The number of benzene rings is 1. The number of nitrogens with one attached hydrogen (secondary N) is 1. The van der Waals surface area contributed by atoms with Crippen LogP contribution in [0.5, 0.6) is 5.75 Å². The summed E-state index contributed by atoms with van der Waals surface area (Å²) in [5, 5.41) is 0.427. The molecule has 3 aromatic rings. The fourth-order valence-electron chi connectivity index (χ4n) is 2.71. The first-order valence-corrected chi connectivity index (χ1v) is 9.87. The molecule has 2 heterocycles.